The maximum atomic E-state index is 11.1. The Hall–Kier alpha value is -0.830. The largest absolute Gasteiger partial charge is 0.361 e. The Labute approximate surface area is 74.0 Å². The Kier molecular flexibility index (Phi) is 6.38. The van der Waals surface area contributed by atoms with Crippen LogP contribution >= 0.6 is 0 Å². The van der Waals surface area contributed by atoms with Crippen LogP contribution in [-0.2, 0) is 9.53 Å². The van der Waals surface area contributed by atoms with Crippen LogP contribution in [0.2, 0.25) is 0 Å². The molecule has 0 saturated heterocycles. The maximum Gasteiger partial charge on any atom is 0.247 e. The predicted octanol–water partition coefficient (Wildman–Crippen LogP) is 1.41. The van der Waals surface area contributed by atoms with Gasteiger partial charge in [0.15, 0.2) is 0 Å². The summed E-state index contributed by atoms with van der Waals surface area (Å²) in [6.45, 7) is 9.08. The lowest BCUT2D eigenvalue weighted by Crippen LogP contribution is -2.32. The summed E-state index contributed by atoms with van der Waals surface area (Å²) in [6, 6.07) is 0. The van der Waals surface area contributed by atoms with Crippen LogP contribution in [-0.4, -0.2) is 30.7 Å². The van der Waals surface area contributed by atoms with Crippen LogP contribution in [0, 0.1) is 0 Å². The van der Waals surface area contributed by atoms with E-state index in [1.807, 2.05) is 13.8 Å². The third-order valence-electron chi connectivity index (χ3n) is 1.43. The Morgan fingerprint density at radius 3 is 2.67 bits per heavy atom. The zero-order valence-electron chi connectivity index (χ0n) is 7.88. The summed E-state index contributed by atoms with van der Waals surface area (Å²) in [5, 5.41) is 0. The highest BCUT2D eigenvalue weighted by atomic mass is 16.5. The van der Waals surface area contributed by atoms with Gasteiger partial charge >= 0.3 is 0 Å². The Bertz CT molecular complexity index is 145. The lowest BCUT2D eigenvalue weighted by atomic mass is 10.4. The van der Waals surface area contributed by atoms with Gasteiger partial charge in [-0.15, -0.1) is 0 Å². The van der Waals surface area contributed by atoms with E-state index in [2.05, 4.69) is 6.58 Å². The van der Waals surface area contributed by atoms with Crippen molar-refractivity contribution in [2.75, 3.05) is 19.9 Å². The van der Waals surface area contributed by atoms with E-state index in [4.69, 9.17) is 4.74 Å². The summed E-state index contributed by atoms with van der Waals surface area (Å²) in [5.41, 5.74) is 0. The van der Waals surface area contributed by atoms with Crippen LogP contribution in [0.5, 0.6) is 0 Å². The molecule has 1 amide bonds. The lowest BCUT2D eigenvalue weighted by Gasteiger charge is -2.19. The molecule has 0 aliphatic rings. The van der Waals surface area contributed by atoms with Crippen molar-refractivity contribution in [3.05, 3.63) is 12.7 Å². The zero-order chi connectivity index (χ0) is 9.40. The monoisotopic (exact) mass is 171 g/mol. The molecular formula is C9H17NO2. The number of carbonyl (C=O) groups excluding carboxylic acids is 1. The molecule has 12 heavy (non-hydrogen) atoms. The van der Waals surface area contributed by atoms with Crippen molar-refractivity contribution >= 4 is 5.91 Å². The summed E-state index contributed by atoms with van der Waals surface area (Å²) >= 11 is 0. The molecule has 0 aromatic heterocycles. The summed E-state index contributed by atoms with van der Waals surface area (Å²) in [5.74, 6) is -0.0645. The quantitative estimate of drug-likeness (QED) is 0.446. The van der Waals surface area contributed by atoms with Crippen molar-refractivity contribution in [2.24, 2.45) is 0 Å². The minimum Gasteiger partial charge on any atom is -0.361 e. The number of nitrogens with zero attached hydrogens (tertiary/aromatic N) is 1. The molecular weight excluding hydrogens is 154 g/mol. The highest BCUT2D eigenvalue weighted by Gasteiger charge is 2.07. The van der Waals surface area contributed by atoms with Gasteiger partial charge in [-0.1, -0.05) is 13.5 Å². The maximum absolute atomic E-state index is 11.1. The second-order valence-electron chi connectivity index (χ2n) is 2.43. The van der Waals surface area contributed by atoms with Crippen LogP contribution < -0.4 is 0 Å². The number of rotatable bonds is 6. The zero-order valence-corrected chi connectivity index (χ0v) is 7.88. The third-order valence-corrected chi connectivity index (χ3v) is 1.43. The Morgan fingerprint density at radius 2 is 2.25 bits per heavy atom. The summed E-state index contributed by atoms with van der Waals surface area (Å²) in [7, 11) is 0. The fourth-order valence-electron chi connectivity index (χ4n) is 0.839. The molecule has 0 heterocycles. The molecule has 0 atom stereocenters. The predicted molar refractivity (Wildman–Crippen MR) is 48.7 cm³/mol. The first-order valence-corrected chi connectivity index (χ1v) is 4.25. The molecule has 70 valence electrons. The number of hydrogen-bond donors (Lipinski definition) is 0. The molecule has 0 aromatic carbocycles. The number of carbonyl (C=O) groups is 1. The van der Waals surface area contributed by atoms with E-state index in [9.17, 15) is 4.79 Å². The van der Waals surface area contributed by atoms with Crippen molar-refractivity contribution in [1.29, 1.82) is 0 Å². The van der Waals surface area contributed by atoms with Gasteiger partial charge in [0.1, 0.15) is 6.73 Å². The number of ether oxygens (including phenoxy) is 1. The topological polar surface area (TPSA) is 29.5 Å². The van der Waals surface area contributed by atoms with E-state index < -0.39 is 0 Å². The smallest absolute Gasteiger partial charge is 0.247 e. The van der Waals surface area contributed by atoms with Gasteiger partial charge in [0.2, 0.25) is 5.91 Å². The molecule has 0 aromatic rings. The summed E-state index contributed by atoms with van der Waals surface area (Å²) < 4.78 is 5.13. The fraction of sp³-hybridized carbons (Fsp3) is 0.667. The molecule has 3 nitrogen and oxygen atoms in total. The van der Waals surface area contributed by atoms with Gasteiger partial charge in [-0.2, -0.15) is 0 Å². The van der Waals surface area contributed by atoms with Crippen molar-refractivity contribution in [3.8, 4) is 0 Å². The van der Waals surface area contributed by atoms with Crippen LogP contribution in [0.25, 0.3) is 0 Å². The first kappa shape index (κ1) is 11.2. The molecule has 0 rings (SSSR count). The van der Waals surface area contributed by atoms with Crippen molar-refractivity contribution in [1.82, 2.24) is 4.90 Å². The van der Waals surface area contributed by atoms with E-state index in [0.717, 1.165) is 13.0 Å². The minimum absolute atomic E-state index is 0.0645. The number of hydrogen-bond acceptors (Lipinski definition) is 2. The SMILES string of the molecule is C=CC(=O)N(CCC)COCC. The van der Waals surface area contributed by atoms with Gasteiger partial charge in [-0.3, -0.25) is 4.79 Å². The summed E-state index contributed by atoms with van der Waals surface area (Å²) in [4.78, 5) is 12.8. The van der Waals surface area contributed by atoms with Crippen molar-refractivity contribution in [3.63, 3.8) is 0 Å². The highest BCUT2D eigenvalue weighted by Crippen LogP contribution is 1.94. The van der Waals surface area contributed by atoms with Gasteiger partial charge in [-0.05, 0) is 19.4 Å². The number of amides is 1. The molecule has 0 aliphatic carbocycles. The molecule has 0 saturated carbocycles. The first-order chi connectivity index (χ1) is 5.76. The van der Waals surface area contributed by atoms with Crippen LogP contribution in [0.3, 0.4) is 0 Å². The molecule has 0 N–H and O–H groups in total. The van der Waals surface area contributed by atoms with Crippen molar-refractivity contribution in [2.45, 2.75) is 20.3 Å². The van der Waals surface area contributed by atoms with Gasteiger partial charge < -0.3 is 9.64 Å². The van der Waals surface area contributed by atoms with E-state index in [0.29, 0.717) is 13.3 Å². The van der Waals surface area contributed by atoms with E-state index in [-0.39, 0.29) is 5.91 Å². The molecule has 0 unspecified atom stereocenters. The van der Waals surface area contributed by atoms with Gasteiger partial charge in [0.05, 0.1) is 0 Å². The molecule has 3 heteroatoms. The van der Waals surface area contributed by atoms with Crippen LogP contribution in [0.4, 0.5) is 0 Å². The van der Waals surface area contributed by atoms with E-state index in [1.165, 1.54) is 6.08 Å². The van der Waals surface area contributed by atoms with Gasteiger partial charge in [0, 0.05) is 13.2 Å². The molecule has 0 spiro atoms. The Balaban J connectivity index is 3.84. The normalized spacial score (nSPS) is 9.50. The third kappa shape index (κ3) is 4.13. The second-order valence-corrected chi connectivity index (χ2v) is 2.43. The molecule has 0 aliphatic heterocycles. The molecule has 0 radical (unpaired) electrons. The van der Waals surface area contributed by atoms with Gasteiger partial charge in [0.25, 0.3) is 0 Å². The first-order valence-electron chi connectivity index (χ1n) is 4.25. The Morgan fingerprint density at radius 1 is 1.58 bits per heavy atom. The lowest BCUT2D eigenvalue weighted by molar-refractivity contribution is -0.131. The minimum atomic E-state index is -0.0645. The second kappa shape index (κ2) is 6.85. The average molecular weight is 171 g/mol. The average Bonchev–Trinajstić information content (AvgIpc) is 2.11. The van der Waals surface area contributed by atoms with Crippen LogP contribution in [0.1, 0.15) is 20.3 Å². The van der Waals surface area contributed by atoms with E-state index in [1.54, 1.807) is 4.90 Å². The molecule has 0 bridgehead atoms. The summed E-state index contributed by atoms with van der Waals surface area (Å²) in [6.07, 6.45) is 2.25. The standard InChI is InChI=1S/C9H17NO2/c1-4-7-10(8-12-6-3)9(11)5-2/h5H,2,4,6-8H2,1,3H3. The van der Waals surface area contributed by atoms with Crippen molar-refractivity contribution < 1.29 is 9.53 Å². The highest BCUT2D eigenvalue weighted by molar-refractivity contribution is 5.86. The van der Waals surface area contributed by atoms with E-state index >= 15 is 0 Å². The molecule has 0 fully saturated rings. The van der Waals surface area contributed by atoms with Crippen LogP contribution in [0.15, 0.2) is 12.7 Å². The fourth-order valence-corrected chi connectivity index (χ4v) is 0.839. The van der Waals surface area contributed by atoms with Gasteiger partial charge in [-0.25, -0.2) is 0 Å².